The number of nitrogens with one attached hydrogen (secondary N) is 2. The third-order valence-electron chi connectivity index (χ3n) is 4.01. The van der Waals surface area contributed by atoms with Crippen molar-refractivity contribution in [1.82, 2.24) is 10.3 Å². The van der Waals surface area contributed by atoms with Crippen LogP contribution in [0.3, 0.4) is 0 Å². The van der Waals surface area contributed by atoms with Gasteiger partial charge in [0.2, 0.25) is 0 Å². The van der Waals surface area contributed by atoms with E-state index in [9.17, 15) is 17.6 Å². The molecule has 0 saturated heterocycles. The second-order valence-corrected chi connectivity index (χ2v) is 7.75. The fraction of sp³-hybridized carbons (Fsp3) is 0.100. The Balaban J connectivity index is 1.81. The molecule has 3 aromatic rings. The minimum atomic E-state index is -3.98. The fourth-order valence-electron chi connectivity index (χ4n) is 2.53. The Morgan fingerprint density at radius 1 is 1.07 bits per heavy atom. The summed E-state index contributed by atoms with van der Waals surface area (Å²) in [6.45, 7) is 1.69. The van der Waals surface area contributed by atoms with Gasteiger partial charge in [0.1, 0.15) is 5.82 Å². The van der Waals surface area contributed by atoms with Crippen LogP contribution in [-0.4, -0.2) is 19.3 Å². The van der Waals surface area contributed by atoms with Gasteiger partial charge in [0, 0.05) is 6.20 Å². The molecule has 2 N–H and O–H groups in total. The molecule has 0 saturated carbocycles. The second-order valence-electron chi connectivity index (χ2n) is 6.07. The van der Waals surface area contributed by atoms with E-state index in [1.807, 2.05) is 0 Å². The van der Waals surface area contributed by atoms with E-state index in [1.54, 1.807) is 36.5 Å². The van der Waals surface area contributed by atoms with E-state index in [1.165, 1.54) is 31.2 Å². The molecule has 0 bridgehead atoms. The Labute approximate surface area is 162 Å². The molecule has 0 aliphatic heterocycles. The van der Waals surface area contributed by atoms with Gasteiger partial charge >= 0.3 is 0 Å². The van der Waals surface area contributed by atoms with Gasteiger partial charge in [-0.2, -0.15) is 0 Å². The van der Waals surface area contributed by atoms with Crippen molar-refractivity contribution in [1.29, 1.82) is 0 Å². The van der Waals surface area contributed by atoms with Gasteiger partial charge in [0.25, 0.3) is 15.9 Å². The summed E-state index contributed by atoms with van der Waals surface area (Å²) in [5.41, 5.74) is 1.18. The van der Waals surface area contributed by atoms with Crippen LogP contribution in [0.25, 0.3) is 0 Å². The van der Waals surface area contributed by atoms with Crippen molar-refractivity contribution in [2.45, 2.75) is 18.4 Å². The molecular weight excluding hydrogens is 381 g/mol. The number of benzene rings is 2. The first-order chi connectivity index (χ1) is 13.4. The standard InChI is InChI=1S/C20H18FN3O3S/c1-14-12-16(9-10-18(14)21)28(26,27)24-19-8-3-2-7-17(19)20(25)23-13-15-6-4-5-11-22-15/h2-12,24H,13H2,1H3,(H,23,25). The van der Waals surface area contributed by atoms with Crippen molar-refractivity contribution < 1.29 is 17.6 Å². The highest BCUT2D eigenvalue weighted by molar-refractivity contribution is 7.92. The second kappa shape index (κ2) is 8.18. The number of pyridine rings is 1. The molecule has 8 heteroatoms. The van der Waals surface area contributed by atoms with E-state index in [4.69, 9.17) is 0 Å². The number of rotatable bonds is 6. The number of carbonyl (C=O) groups is 1. The van der Waals surface area contributed by atoms with Gasteiger partial charge in [-0.25, -0.2) is 12.8 Å². The van der Waals surface area contributed by atoms with E-state index in [2.05, 4.69) is 15.0 Å². The highest BCUT2D eigenvalue weighted by atomic mass is 32.2. The Morgan fingerprint density at radius 2 is 1.82 bits per heavy atom. The number of amides is 1. The van der Waals surface area contributed by atoms with Crippen LogP contribution < -0.4 is 10.0 Å². The van der Waals surface area contributed by atoms with Crippen molar-refractivity contribution in [3.8, 4) is 0 Å². The largest absolute Gasteiger partial charge is 0.346 e. The SMILES string of the molecule is Cc1cc(S(=O)(=O)Nc2ccccc2C(=O)NCc2ccccn2)ccc1F. The first-order valence-corrected chi connectivity index (χ1v) is 9.91. The molecule has 0 aliphatic rings. The van der Waals surface area contributed by atoms with Gasteiger partial charge in [-0.1, -0.05) is 18.2 Å². The highest BCUT2D eigenvalue weighted by Gasteiger charge is 2.19. The summed E-state index contributed by atoms with van der Waals surface area (Å²) >= 11 is 0. The van der Waals surface area contributed by atoms with Crippen LogP contribution in [0.15, 0.2) is 71.8 Å². The third-order valence-corrected chi connectivity index (χ3v) is 5.38. The van der Waals surface area contributed by atoms with Crippen LogP contribution in [0.5, 0.6) is 0 Å². The van der Waals surface area contributed by atoms with Crippen LogP contribution in [-0.2, 0) is 16.6 Å². The van der Waals surface area contributed by atoms with E-state index in [0.717, 1.165) is 6.07 Å². The first kappa shape index (κ1) is 19.5. The van der Waals surface area contributed by atoms with Crippen molar-refractivity contribution in [2.24, 2.45) is 0 Å². The zero-order valence-electron chi connectivity index (χ0n) is 15.0. The maximum atomic E-state index is 13.4. The minimum absolute atomic E-state index is 0.0879. The van der Waals surface area contributed by atoms with Gasteiger partial charge in [-0.3, -0.25) is 14.5 Å². The van der Waals surface area contributed by atoms with Crippen LogP contribution in [0.2, 0.25) is 0 Å². The maximum Gasteiger partial charge on any atom is 0.261 e. The van der Waals surface area contributed by atoms with Crippen LogP contribution in [0.4, 0.5) is 10.1 Å². The minimum Gasteiger partial charge on any atom is -0.346 e. The van der Waals surface area contributed by atoms with Crippen molar-refractivity contribution >= 4 is 21.6 Å². The summed E-state index contributed by atoms with van der Waals surface area (Å²) in [5.74, 6) is -0.938. The monoisotopic (exact) mass is 399 g/mol. The smallest absolute Gasteiger partial charge is 0.261 e. The number of aryl methyl sites for hydroxylation is 1. The number of aromatic nitrogens is 1. The molecule has 1 heterocycles. The molecule has 28 heavy (non-hydrogen) atoms. The van der Waals surface area contributed by atoms with Crippen molar-refractivity contribution in [3.05, 3.63) is 89.5 Å². The van der Waals surface area contributed by atoms with Crippen molar-refractivity contribution in [2.75, 3.05) is 4.72 Å². The maximum absolute atomic E-state index is 13.4. The van der Waals surface area contributed by atoms with Gasteiger partial charge in [0.05, 0.1) is 28.4 Å². The molecule has 0 radical (unpaired) electrons. The van der Waals surface area contributed by atoms with Crippen molar-refractivity contribution in [3.63, 3.8) is 0 Å². The number of halogens is 1. The Bertz CT molecular complexity index is 1100. The lowest BCUT2D eigenvalue weighted by Crippen LogP contribution is -2.25. The summed E-state index contributed by atoms with van der Waals surface area (Å²) in [4.78, 5) is 16.6. The molecular formula is C20H18FN3O3S. The molecule has 1 amide bonds. The van der Waals surface area contributed by atoms with E-state index in [-0.39, 0.29) is 28.3 Å². The number of anilines is 1. The lowest BCUT2D eigenvalue weighted by molar-refractivity contribution is 0.0951. The van der Waals surface area contributed by atoms with Gasteiger partial charge in [-0.05, 0) is 55.0 Å². The summed E-state index contributed by atoms with van der Waals surface area (Å²) in [5, 5.41) is 2.71. The van der Waals surface area contributed by atoms with E-state index < -0.39 is 21.7 Å². The zero-order chi connectivity index (χ0) is 20.1. The number of hydrogen-bond acceptors (Lipinski definition) is 4. The van der Waals surface area contributed by atoms with E-state index >= 15 is 0 Å². The van der Waals surface area contributed by atoms with Crippen LogP contribution >= 0.6 is 0 Å². The lowest BCUT2D eigenvalue weighted by Gasteiger charge is -2.13. The summed E-state index contributed by atoms with van der Waals surface area (Å²) in [7, 11) is -3.98. The number of sulfonamides is 1. The quantitative estimate of drug-likeness (QED) is 0.666. The molecule has 0 atom stereocenters. The van der Waals surface area contributed by atoms with Gasteiger partial charge in [-0.15, -0.1) is 0 Å². The average molecular weight is 399 g/mol. The molecule has 3 rings (SSSR count). The summed E-state index contributed by atoms with van der Waals surface area (Å²) in [6.07, 6.45) is 1.62. The molecule has 1 aromatic heterocycles. The van der Waals surface area contributed by atoms with E-state index in [0.29, 0.717) is 5.69 Å². The third kappa shape index (κ3) is 4.52. The van der Waals surface area contributed by atoms with Gasteiger partial charge in [0.15, 0.2) is 0 Å². The average Bonchev–Trinajstić information content (AvgIpc) is 2.69. The number of para-hydroxylation sites is 1. The lowest BCUT2D eigenvalue weighted by atomic mass is 10.1. The Hall–Kier alpha value is -3.26. The predicted molar refractivity (Wildman–Crippen MR) is 104 cm³/mol. The number of carbonyl (C=O) groups excluding carboxylic acids is 1. The summed E-state index contributed by atoms with van der Waals surface area (Å²) in [6, 6.07) is 15.1. The molecule has 144 valence electrons. The molecule has 0 fully saturated rings. The Kier molecular flexibility index (Phi) is 5.70. The molecule has 0 aliphatic carbocycles. The van der Waals surface area contributed by atoms with Crippen LogP contribution in [0.1, 0.15) is 21.6 Å². The topological polar surface area (TPSA) is 88.2 Å². The number of nitrogens with zero attached hydrogens (tertiary/aromatic N) is 1. The Morgan fingerprint density at radius 3 is 2.54 bits per heavy atom. The molecule has 2 aromatic carbocycles. The molecule has 6 nitrogen and oxygen atoms in total. The zero-order valence-corrected chi connectivity index (χ0v) is 15.8. The molecule has 0 spiro atoms. The predicted octanol–water partition coefficient (Wildman–Crippen LogP) is 3.26. The highest BCUT2D eigenvalue weighted by Crippen LogP contribution is 2.21. The summed E-state index contributed by atoms with van der Waals surface area (Å²) < 4.78 is 41.1. The molecule has 0 unspecified atom stereocenters. The number of hydrogen-bond donors (Lipinski definition) is 2. The van der Waals surface area contributed by atoms with Gasteiger partial charge < -0.3 is 5.32 Å². The first-order valence-electron chi connectivity index (χ1n) is 8.43. The van der Waals surface area contributed by atoms with Crippen LogP contribution in [0, 0.1) is 12.7 Å². The normalized spacial score (nSPS) is 11.1. The fourth-order valence-corrected chi connectivity index (χ4v) is 3.69.